The molecule has 2 heterocycles. The molecule has 22 heavy (non-hydrogen) atoms. The second kappa shape index (κ2) is 6.01. The SMILES string of the molecule is Cc1cc2cc(NC(=O)CCCn3cncn3)ccc2n1C. The third-order valence-corrected chi connectivity index (χ3v) is 3.82. The van der Waals surface area contributed by atoms with Gasteiger partial charge in [-0.05, 0) is 37.6 Å². The molecule has 0 atom stereocenters. The Morgan fingerprint density at radius 1 is 1.32 bits per heavy atom. The number of rotatable bonds is 5. The Bertz CT molecular complexity index is 788. The number of nitrogens with one attached hydrogen (secondary N) is 1. The second-order valence-corrected chi connectivity index (χ2v) is 5.43. The molecule has 6 nitrogen and oxygen atoms in total. The minimum Gasteiger partial charge on any atom is -0.348 e. The number of carbonyl (C=O) groups is 1. The number of hydrogen-bond acceptors (Lipinski definition) is 3. The van der Waals surface area contributed by atoms with Crippen molar-refractivity contribution < 1.29 is 4.79 Å². The first kappa shape index (κ1) is 14.3. The van der Waals surface area contributed by atoms with Crippen LogP contribution in [0.3, 0.4) is 0 Å². The smallest absolute Gasteiger partial charge is 0.224 e. The number of carbonyl (C=O) groups excluding carboxylic acids is 1. The van der Waals surface area contributed by atoms with Gasteiger partial charge in [-0.2, -0.15) is 5.10 Å². The van der Waals surface area contributed by atoms with Crippen molar-refractivity contribution in [2.24, 2.45) is 7.05 Å². The molecule has 114 valence electrons. The van der Waals surface area contributed by atoms with Gasteiger partial charge in [-0.3, -0.25) is 9.48 Å². The van der Waals surface area contributed by atoms with Gasteiger partial charge in [0.15, 0.2) is 0 Å². The fraction of sp³-hybridized carbons (Fsp3) is 0.312. The lowest BCUT2D eigenvalue weighted by Gasteiger charge is -2.06. The van der Waals surface area contributed by atoms with E-state index in [9.17, 15) is 4.79 Å². The summed E-state index contributed by atoms with van der Waals surface area (Å²) in [4.78, 5) is 15.9. The molecule has 0 fully saturated rings. The number of aryl methyl sites for hydroxylation is 3. The summed E-state index contributed by atoms with van der Waals surface area (Å²) in [7, 11) is 2.04. The number of amides is 1. The van der Waals surface area contributed by atoms with Gasteiger partial charge in [-0.25, -0.2) is 4.98 Å². The zero-order chi connectivity index (χ0) is 15.5. The van der Waals surface area contributed by atoms with Crippen LogP contribution in [0, 0.1) is 6.92 Å². The molecule has 0 bridgehead atoms. The molecule has 0 radical (unpaired) electrons. The van der Waals surface area contributed by atoms with Crippen LogP contribution in [0.4, 0.5) is 5.69 Å². The molecule has 2 aromatic heterocycles. The maximum absolute atomic E-state index is 12.0. The van der Waals surface area contributed by atoms with Crippen LogP contribution in [0.5, 0.6) is 0 Å². The first-order valence-electron chi connectivity index (χ1n) is 7.32. The molecule has 1 N–H and O–H groups in total. The molecule has 0 unspecified atom stereocenters. The van der Waals surface area contributed by atoms with E-state index in [4.69, 9.17) is 0 Å². The normalized spacial score (nSPS) is 11.0. The summed E-state index contributed by atoms with van der Waals surface area (Å²) in [6.45, 7) is 2.77. The van der Waals surface area contributed by atoms with E-state index in [1.54, 1.807) is 11.0 Å². The van der Waals surface area contributed by atoms with Crippen molar-refractivity contribution in [3.8, 4) is 0 Å². The number of anilines is 1. The molecular weight excluding hydrogens is 278 g/mol. The van der Waals surface area contributed by atoms with E-state index in [0.29, 0.717) is 13.0 Å². The fourth-order valence-electron chi connectivity index (χ4n) is 2.54. The van der Waals surface area contributed by atoms with E-state index in [1.165, 1.54) is 17.5 Å². The molecule has 0 saturated carbocycles. The highest BCUT2D eigenvalue weighted by Gasteiger charge is 2.06. The van der Waals surface area contributed by atoms with Crippen LogP contribution in [-0.2, 0) is 18.4 Å². The van der Waals surface area contributed by atoms with Crippen molar-refractivity contribution in [2.75, 3.05) is 5.32 Å². The fourth-order valence-corrected chi connectivity index (χ4v) is 2.54. The molecule has 3 rings (SSSR count). The number of benzene rings is 1. The summed E-state index contributed by atoms with van der Waals surface area (Å²) in [5, 5.41) is 8.10. The zero-order valence-electron chi connectivity index (χ0n) is 12.8. The van der Waals surface area contributed by atoms with Crippen molar-refractivity contribution in [3.05, 3.63) is 42.6 Å². The van der Waals surface area contributed by atoms with Gasteiger partial charge < -0.3 is 9.88 Å². The number of aromatic nitrogens is 4. The van der Waals surface area contributed by atoms with Crippen LogP contribution in [0.2, 0.25) is 0 Å². The second-order valence-electron chi connectivity index (χ2n) is 5.43. The third kappa shape index (κ3) is 3.00. The lowest BCUT2D eigenvalue weighted by molar-refractivity contribution is -0.116. The number of fused-ring (bicyclic) bond motifs is 1. The van der Waals surface area contributed by atoms with Crippen molar-refractivity contribution in [1.29, 1.82) is 0 Å². The van der Waals surface area contributed by atoms with Gasteiger partial charge in [-0.1, -0.05) is 0 Å². The lowest BCUT2D eigenvalue weighted by Crippen LogP contribution is -2.12. The summed E-state index contributed by atoms with van der Waals surface area (Å²) in [5.74, 6) is 0.0205. The van der Waals surface area contributed by atoms with Gasteiger partial charge in [0.2, 0.25) is 5.91 Å². The maximum atomic E-state index is 12.0. The van der Waals surface area contributed by atoms with Gasteiger partial charge in [0.25, 0.3) is 0 Å². The van der Waals surface area contributed by atoms with Gasteiger partial charge >= 0.3 is 0 Å². The van der Waals surface area contributed by atoms with E-state index in [1.807, 2.05) is 25.2 Å². The summed E-state index contributed by atoms with van der Waals surface area (Å²) in [6.07, 6.45) is 4.36. The monoisotopic (exact) mass is 297 g/mol. The Kier molecular flexibility index (Phi) is 3.91. The molecule has 3 aromatic rings. The Morgan fingerprint density at radius 2 is 2.18 bits per heavy atom. The number of nitrogens with zero attached hydrogens (tertiary/aromatic N) is 4. The van der Waals surface area contributed by atoms with Crippen molar-refractivity contribution >= 4 is 22.5 Å². The minimum absolute atomic E-state index is 0.0205. The highest BCUT2D eigenvalue weighted by molar-refractivity contribution is 5.94. The highest BCUT2D eigenvalue weighted by Crippen LogP contribution is 2.22. The molecule has 0 saturated heterocycles. The summed E-state index contributed by atoms with van der Waals surface area (Å²) < 4.78 is 3.87. The predicted molar refractivity (Wildman–Crippen MR) is 85.5 cm³/mol. The molecule has 6 heteroatoms. The van der Waals surface area contributed by atoms with E-state index < -0.39 is 0 Å². The first-order valence-corrected chi connectivity index (χ1v) is 7.32. The van der Waals surface area contributed by atoms with Crippen molar-refractivity contribution in [2.45, 2.75) is 26.3 Å². The van der Waals surface area contributed by atoms with E-state index in [-0.39, 0.29) is 5.91 Å². The first-order chi connectivity index (χ1) is 10.6. The molecule has 0 aliphatic heterocycles. The molecule has 1 aromatic carbocycles. The van der Waals surface area contributed by atoms with E-state index >= 15 is 0 Å². The molecular formula is C16H19N5O. The third-order valence-electron chi connectivity index (χ3n) is 3.82. The molecule has 1 amide bonds. The highest BCUT2D eigenvalue weighted by atomic mass is 16.1. The Morgan fingerprint density at radius 3 is 2.95 bits per heavy atom. The standard InChI is InChI=1S/C16H19N5O/c1-12-8-13-9-14(5-6-15(13)20(12)2)19-16(22)4-3-7-21-11-17-10-18-21/h5-6,8-11H,3-4,7H2,1-2H3,(H,19,22). The van der Waals surface area contributed by atoms with E-state index in [0.717, 1.165) is 17.5 Å². The lowest BCUT2D eigenvalue weighted by atomic mass is 10.2. The average Bonchev–Trinajstić information content (AvgIpc) is 3.08. The van der Waals surface area contributed by atoms with Crippen molar-refractivity contribution in [3.63, 3.8) is 0 Å². The Labute approximate surface area is 128 Å². The van der Waals surface area contributed by atoms with Gasteiger partial charge in [0.05, 0.1) is 0 Å². The summed E-state index contributed by atoms with van der Waals surface area (Å²) in [6, 6.07) is 8.11. The van der Waals surface area contributed by atoms with Crippen LogP contribution >= 0.6 is 0 Å². The molecule has 0 aliphatic carbocycles. The average molecular weight is 297 g/mol. The molecule has 0 spiro atoms. The van der Waals surface area contributed by atoms with Crippen LogP contribution in [0.15, 0.2) is 36.9 Å². The Balaban J connectivity index is 1.59. The van der Waals surface area contributed by atoms with Gasteiger partial charge in [0.1, 0.15) is 12.7 Å². The van der Waals surface area contributed by atoms with E-state index in [2.05, 4.69) is 33.0 Å². The van der Waals surface area contributed by atoms with Crippen LogP contribution in [0.1, 0.15) is 18.5 Å². The molecule has 0 aliphatic rings. The van der Waals surface area contributed by atoms with Crippen molar-refractivity contribution in [1.82, 2.24) is 19.3 Å². The summed E-state index contributed by atoms with van der Waals surface area (Å²) >= 11 is 0. The largest absolute Gasteiger partial charge is 0.348 e. The predicted octanol–water partition coefficient (Wildman–Crippen LogP) is 2.50. The van der Waals surface area contributed by atoms with Crippen LogP contribution in [-0.4, -0.2) is 25.2 Å². The topological polar surface area (TPSA) is 64.7 Å². The summed E-state index contributed by atoms with van der Waals surface area (Å²) in [5.41, 5.74) is 3.21. The minimum atomic E-state index is 0.0205. The van der Waals surface area contributed by atoms with Gasteiger partial charge in [0, 0.05) is 42.3 Å². The zero-order valence-corrected chi connectivity index (χ0v) is 12.8. The van der Waals surface area contributed by atoms with Crippen LogP contribution < -0.4 is 5.32 Å². The quantitative estimate of drug-likeness (QED) is 0.787. The van der Waals surface area contributed by atoms with Gasteiger partial charge in [-0.15, -0.1) is 0 Å². The van der Waals surface area contributed by atoms with Crippen LogP contribution in [0.25, 0.3) is 10.9 Å². The maximum Gasteiger partial charge on any atom is 0.224 e. The number of hydrogen-bond donors (Lipinski definition) is 1. The Hall–Kier alpha value is -2.63.